The molecule has 0 bridgehead atoms. The molecule has 0 spiro atoms. The second-order valence-electron chi connectivity index (χ2n) is 5.22. The maximum Gasteiger partial charge on any atom is 0.306 e. The number of benzene rings is 1. The summed E-state index contributed by atoms with van der Waals surface area (Å²) >= 11 is 0. The number of methoxy groups -OCH3 is 1. The Balaban J connectivity index is 2.29. The number of carboxylic acid groups (broad SMARTS) is 1. The molecule has 2 rings (SSSR count). The number of hydrogen-bond acceptors (Lipinski definition) is 4. The Bertz CT molecular complexity index is 681. The number of carboxylic acids is 1. The van der Waals surface area contributed by atoms with Crippen molar-refractivity contribution in [3.8, 4) is 5.75 Å². The van der Waals surface area contributed by atoms with Gasteiger partial charge in [-0.15, -0.1) is 0 Å². The molecule has 1 N–H and O–H groups in total. The number of piperidine rings is 1. The topological polar surface area (TPSA) is 83.9 Å². The van der Waals surface area contributed by atoms with Crippen LogP contribution in [-0.4, -0.2) is 44.0 Å². The summed E-state index contributed by atoms with van der Waals surface area (Å²) in [4.78, 5) is 10.8. The number of aliphatic carboxylic acids is 1. The number of rotatable bonds is 4. The van der Waals surface area contributed by atoms with Gasteiger partial charge in [-0.05, 0) is 31.9 Å². The first kappa shape index (κ1) is 16.7. The molecule has 0 aliphatic carbocycles. The van der Waals surface area contributed by atoms with E-state index in [0.29, 0.717) is 0 Å². The van der Waals surface area contributed by atoms with Crippen molar-refractivity contribution in [3.63, 3.8) is 0 Å². The zero-order valence-corrected chi connectivity index (χ0v) is 13.2. The van der Waals surface area contributed by atoms with Crippen LogP contribution in [0, 0.1) is 18.7 Å². The molecule has 0 atom stereocenters. The van der Waals surface area contributed by atoms with Gasteiger partial charge in [0.2, 0.25) is 10.0 Å². The van der Waals surface area contributed by atoms with Crippen LogP contribution in [0.25, 0.3) is 0 Å². The van der Waals surface area contributed by atoms with Gasteiger partial charge in [-0.1, -0.05) is 0 Å². The lowest BCUT2D eigenvalue weighted by Crippen LogP contribution is -2.40. The minimum atomic E-state index is -3.84. The van der Waals surface area contributed by atoms with Crippen molar-refractivity contribution in [3.05, 3.63) is 23.5 Å². The molecule has 0 radical (unpaired) electrons. The molecule has 1 aliphatic rings. The molecule has 22 heavy (non-hydrogen) atoms. The summed E-state index contributed by atoms with van der Waals surface area (Å²) in [7, 11) is -2.54. The first-order valence-corrected chi connectivity index (χ1v) is 8.29. The van der Waals surface area contributed by atoms with Crippen LogP contribution in [0.2, 0.25) is 0 Å². The molecule has 1 saturated heterocycles. The molecule has 0 unspecified atom stereocenters. The summed E-state index contributed by atoms with van der Waals surface area (Å²) in [6, 6.07) is 2.59. The zero-order chi connectivity index (χ0) is 16.5. The van der Waals surface area contributed by atoms with Gasteiger partial charge < -0.3 is 9.84 Å². The van der Waals surface area contributed by atoms with E-state index in [0.717, 1.165) is 0 Å². The van der Waals surface area contributed by atoms with E-state index in [1.165, 1.54) is 30.5 Å². The van der Waals surface area contributed by atoms with E-state index in [1.54, 1.807) is 0 Å². The normalized spacial score (nSPS) is 17.4. The highest BCUT2D eigenvalue weighted by molar-refractivity contribution is 7.89. The van der Waals surface area contributed by atoms with Gasteiger partial charge in [0, 0.05) is 18.7 Å². The smallest absolute Gasteiger partial charge is 0.306 e. The lowest BCUT2D eigenvalue weighted by Gasteiger charge is -2.29. The Morgan fingerprint density at radius 1 is 1.36 bits per heavy atom. The zero-order valence-electron chi connectivity index (χ0n) is 12.4. The van der Waals surface area contributed by atoms with Crippen LogP contribution in [0.1, 0.15) is 18.4 Å². The number of hydrogen-bond donors (Lipinski definition) is 1. The van der Waals surface area contributed by atoms with Crippen molar-refractivity contribution < 1.29 is 27.4 Å². The van der Waals surface area contributed by atoms with Crippen molar-refractivity contribution in [2.75, 3.05) is 20.2 Å². The second-order valence-corrected chi connectivity index (χ2v) is 7.13. The van der Waals surface area contributed by atoms with Crippen molar-refractivity contribution in [1.29, 1.82) is 0 Å². The Kier molecular flexibility index (Phi) is 4.72. The van der Waals surface area contributed by atoms with E-state index in [2.05, 4.69) is 0 Å². The summed E-state index contributed by atoms with van der Waals surface area (Å²) in [6.07, 6.45) is 0.512. The number of ether oxygens (including phenoxy) is 1. The van der Waals surface area contributed by atoms with Crippen molar-refractivity contribution in [2.45, 2.75) is 24.7 Å². The van der Waals surface area contributed by atoms with Gasteiger partial charge in [0.1, 0.15) is 0 Å². The van der Waals surface area contributed by atoms with E-state index in [9.17, 15) is 17.6 Å². The van der Waals surface area contributed by atoms with Gasteiger partial charge in [0.15, 0.2) is 11.6 Å². The molecule has 1 heterocycles. The van der Waals surface area contributed by atoms with Crippen molar-refractivity contribution in [2.24, 2.45) is 5.92 Å². The lowest BCUT2D eigenvalue weighted by molar-refractivity contribution is -0.142. The van der Waals surface area contributed by atoms with Crippen LogP contribution in [0.15, 0.2) is 17.0 Å². The maximum absolute atomic E-state index is 14.0. The molecule has 1 fully saturated rings. The SMILES string of the molecule is COc1ccc(S(=O)(=O)N2CCC(C(=O)O)CC2)c(C)c1F. The van der Waals surface area contributed by atoms with Crippen LogP contribution in [0.3, 0.4) is 0 Å². The summed E-state index contributed by atoms with van der Waals surface area (Å²) < 4.78 is 45.3. The number of carbonyl (C=O) groups is 1. The molecule has 0 amide bonds. The molecule has 0 aromatic heterocycles. The predicted octanol–water partition coefficient (Wildman–Crippen LogP) is 1.63. The first-order chi connectivity index (χ1) is 10.3. The van der Waals surface area contributed by atoms with E-state index in [4.69, 9.17) is 9.84 Å². The Hall–Kier alpha value is -1.67. The number of halogens is 1. The molecule has 0 saturated carbocycles. The van der Waals surface area contributed by atoms with Crippen LogP contribution in [-0.2, 0) is 14.8 Å². The third-order valence-corrected chi connectivity index (χ3v) is 5.99. The highest BCUT2D eigenvalue weighted by Crippen LogP contribution is 2.30. The molecular formula is C14H18FNO5S. The Morgan fingerprint density at radius 3 is 2.45 bits per heavy atom. The molecular weight excluding hydrogens is 313 g/mol. The van der Waals surface area contributed by atoms with Crippen LogP contribution in [0.4, 0.5) is 4.39 Å². The van der Waals surface area contributed by atoms with Gasteiger partial charge in [-0.2, -0.15) is 4.31 Å². The summed E-state index contributed by atoms with van der Waals surface area (Å²) in [6.45, 7) is 1.62. The molecule has 8 heteroatoms. The largest absolute Gasteiger partial charge is 0.494 e. The van der Waals surface area contributed by atoms with E-state index < -0.39 is 27.7 Å². The van der Waals surface area contributed by atoms with Gasteiger partial charge in [-0.25, -0.2) is 12.8 Å². The number of nitrogens with zero attached hydrogens (tertiary/aromatic N) is 1. The molecule has 122 valence electrons. The number of sulfonamides is 1. The summed E-state index contributed by atoms with van der Waals surface area (Å²) in [5.41, 5.74) is -0.000270. The molecule has 1 aromatic rings. The third-order valence-electron chi connectivity index (χ3n) is 3.94. The van der Waals surface area contributed by atoms with Gasteiger partial charge in [-0.3, -0.25) is 4.79 Å². The van der Waals surface area contributed by atoms with E-state index in [1.807, 2.05) is 0 Å². The van der Waals surface area contributed by atoms with Gasteiger partial charge >= 0.3 is 5.97 Å². The quantitative estimate of drug-likeness (QED) is 0.906. The minimum absolute atomic E-state index is 0.000270. The van der Waals surface area contributed by atoms with Crippen molar-refractivity contribution in [1.82, 2.24) is 4.31 Å². The highest BCUT2D eigenvalue weighted by Gasteiger charge is 2.33. The second kappa shape index (κ2) is 6.21. The van der Waals surface area contributed by atoms with E-state index >= 15 is 0 Å². The fourth-order valence-electron chi connectivity index (χ4n) is 2.56. The summed E-state index contributed by atoms with van der Waals surface area (Å²) in [5, 5.41) is 8.95. The van der Waals surface area contributed by atoms with Crippen LogP contribution in [0.5, 0.6) is 5.75 Å². The van der Waals surface area contributed by atoms with Crippen molar-refractivity contribution >= 4 is 16.0 Å². The highest BCUT2D eigenvalue weighted by atomic mass is 32.2. The van der Waals surface area contributed by atoms with Crippen LogP contribution < -0.4 is 4.74 Å². The standard InChI is InChI=1S/C14H18FNO5S/c1-9-12(4-3-11(21-2)13(9)15)22(19,20)16-7-5-10(6-8-16)14(17)18/h3-4,10H,5-8H2,1-2H3,(H,17,18). The predicted molar refractivity (Wildman–Crippen MR) is 76.8 cm³/mol. The molecule has 1 aromatic carbocycles. The average Bonchev–Trinajstić information content (AvgIpc) is 2.49. The Labute approximate surface area is 128 Å². The lowest BCUT2D eigenvalue weighted by atomic mass is 9.99. The van der Waals surface area contributed by atoms with E-state index in [-0.39, 0.29) is 42.1 Å². The first-order valence-electron chi connectivity index (χ1n) is 6.85. The average molecular weight is 331 g/mol. The fourth-order valence-corrected chi connectivity index (χ4v) is 4.25. The maximum atomic E-state index is 14.0. The monoisotopic (exact) mass is 331 g/mol. The molecule has 1 aliphatic heterocycles. The van der Waals surface area contributed by atoms with Gasteiger partial charge in [0.25, 0.3) is 0 Å². The summed E-state index contributed by atoms with van der Waals surface area (Å²) in [5.74, 6) is -2.16. The molecule has 6 nitrogen and oxygen atoms in total. The fraction of sp³-hybridized carbons (Fsp3) is 0.500. The van der Waals surface area contributed by atoms with Crippen LogP contribution >= 0.6 is 0 Å². The van der Waals surface area contributed by atoms with Gasteiger partial charge in [0.05, 0.1) is 17.9 Å². The Morgan fingerprint density at radius 2 is 1.95 bits per heavy atom. The minimum Gasteiger partial charge on any atom is -0.494 e. The third kappa shape index (κ3) is 2.93.